The van der Waals surface area contributed by atoms with Crippen molar-refractivity contribution in [2.45, 2.75) is 19.3 Å². The molecule has 0 unspecified atom stereocenters. The zero-order chi connectivity index (χ0) is 14.5. The molecule has 2 N–H and O–H groups in total. The lowest BCUT2D eigenvalue weighted by molar-refractivity contribution is -0.117. The van der Waals surface area contributed by atoms with Crippen molar-refractivity contribution < 1.29 is 9.53 Å². The molecule has 110 valence electrons. The molecule has 0 aliphatic carbocycles. The average molecular weight is 362 g/mol. The van der Waals surface area contributed by atoms with Crippen LogP contribution in [0.2, 0.25) is 5.02 Å². The fourth-order valence-corrected chi connectivity index (χ4v) is 3.38. The van der Waals surface area contributed by atoms with Gasteiger partial charge < -0.3 is 15.4 Å². The number of anilines is 1. The minimum absolute atomic E-state index is 0.00404. The van der Waals surface area contributed by atoms with Crippen LogP contribution in [-0.2, 0) is 4.79 Å². The Kier molecular flexibility index (Phi) is 5.69. The number of carbonyl (C=O) groups is 1. The highest BCUT2D eigenvalue weighted by Gasteiger charge is 2.18. The molecule has 0 aromatic heterocycles. The van der Waals surface area contributed by atoms with E-state index in [-0.39, 0.29) is 5.91 Å². The van der Waals surface area contributed by atoms with Crippen LogP contribution in [0.15, 0.2) is 16.6 Å². The zero-order valence-corrected chi connectivity index (χ0v) is 13.7. The van der Waals surface area contributed by atoms with Gasteiger partial charge in [-0.3, -0.25) is 4.79 Å². The van der Waals surface area contributed by atoms with Gasteiger partial charge in [-0.1, -0.05) is 11.6 Å². The van der Waals surface area contributed by atoms with Gasteiger partial charge in [0, 0.05) is 11.4 Å². The second-order valence-electron chi connectivity index (χ2n) is 4.91. The van der Waals surface area contributed by atoms with Crippen LogP contribution < -0.4 is 15.4 Å². The standard InChI is InChI=1S/C14H18BrClN2O2/c1-20-14-11(15)7-10(16)8-12(14)18-13(19)6-9-2-4-17-5-3-9/h7-9,17H,2-6H2,1H3,(H,18,19). The summed E-state index contributed by atoms with van der Waals surface area (Å²) in [6.45, 7) is 1.98. The molecule has 0 saturated carbocycles. The number of halogens is 2. The Balaban J connectivity index is 2.03. The molecule has 6 heteroatoms. The summed E-state index contributed by atoms with van der Waals surface area (Å²) in [7, 11) is 1.57. The topological polar surface area (TPSA) is 50.4 Å². The predicted molar refractivity (Wildman–Crippen MR) is 84.5 cm³/mol. The molecule has 4 nitrogen and oxygen atoms in total. The van der Waals surface area contributed by atoms with Gasteiger partial charge >= 0.3 is 0 Å². The van der Waals surface area contributed by atoms with Crippen LogP contribution in [0.5, 0.6) is 5.75 Å². The van der Waals surface area contributed by atoms with Crippen molar-refractivity contribution in [1.29, 1.82) is 0 Å². The first-order valence-electron chi connectivity index (χ1n) is 6.63. The van der Waals surface area contributed by atoms with E-state index in [1.165, 1.54) is 0 Å². The Bertz CT molecular complexity index is 490. The van der Waals surface area contributed by atoms with Crippen molar-refractivity contribution in [2.24, 2.45) is 5.92 Å². The number of methoxy groups -OCH3 is 1. The molecular weight excluding hydrogens is 344 g/mol. The molecule has 1 aliphatic rings. The number of carbonyl (C=O) groups excluding carboxylic acids is 1. The highest BCUT2D eigenvalue weighted by molar-refractivity contribution is 9.10. The highest BCUT2D eigenvalue weighted by atomic mass is 79.9. The van der Waals surface area contributed by atoms with Gasteiger partial charge in [0.1, 0.15) is 0 Å². The number of piperidine rings is 1. The number of ether oxygens (including phenoxy) is 1. The fourth-order valence-electron chi connectivity index (χ4n) is 2.41. The van der Waals surface area contributed by atoms with Gasteiger partial charge in [0.15, 0.2) is 5.75 Å². The van der Waals surface area contributed by atoms with Gasteiger partial charge in [0.05, 0.1) is 17.3 Å². The van der Waals surface area contributed by atoms with Crippen molar-refractivity contribution in [3.8, 4) is 5.75 Å². The Morgan fingerprint density at radius 2 is 2.20 bits per heavy atom. The summed E-state index contributed by atoms with van der Waals surface area (Å²) in [6, 6.07) is 3.44. The lowest BCUT2D eigenvalue weighted by atomic mass is 9.94. The summed E-state index contributed by atoms with van der Waals surface area (Å²) in [5.74, 6) is 1.04. The van der Waals surface area contributed by atoms with Gasteiger partial charge in [0.25, 0.3) is 0 Å². The van der Waals surface area contributed by atoms with E-state index in [1.807, 2.05) is 0 Å². The number of hydrogen-bond donors (Lipinski definition) is 2. The number of nitrogens with one attached hydrogen (secondary N) is 2. The van der Waals surface area contributed by atoms with Crippen LogP contribution in [0.4, 0.5) is 5.69 Å². The minimum Gasteiger partial charge on any atom is -0.493 e. The maximum atomic E-state index is 12.1. The third-order valence-electron chi connectivity index (χ3n) is 3.42. The summed E-state index contributed by atoms with van der Waals surface area (Å²) in [5.41, 5.74) is 0.603. The molecule has 0 bridgehead atoms. The molecule has 0 spiro atoms. The first-order chi connectivity index (χ1) is 9.60. The quantitative estimate of drug-likeness (QED) is 0.864. The van der Waals surface area contributed by atoms with Gasteiger partial charge in [-0.15, -0.1) is 0 Å². The van der Waals surface area contributed by atoms with Crippen LogP contribution in [-0.4, -0.2) is 26.1 Å². The number of rotatable bonds is 4. The highest BCUT2D eigenvalue weighted by Crippen LogP contribution is 2.36. The van der Waals surface area contributed by atoms with E-state index < -0.39 is 0 Å². The second kappa shape index (κ2) is 7.29. The van der Waals surface area contributed by atoms with E-state index in [4.69, 9.17) is 16.3 Å². The molecule has 20 heavy (non-hydrogen) atoms. The maximum Gasteiger partial charge on any atom is 0.224 e. The third-order valence-corrected chi connectivity index (χ3v) is 4.23. The molecule has 1 aromatic carbocycles. The van der Waals surface area contributed by atoms with Crippen molar-refractivity contribution >= 4 is 39.1 Å². The number of benzene rings is 1. The van der Waals surface area contributed by atoms with Crippen LogP contribution in [0, 0.1) is 5.92 Å². The normalized spacial score (nSPS) is 15.9. The average Bonchev–Trinajstić information content (AvgIpc) is 2.39. The zero-order valence-electron chi connectivity index (χ0n) is 11.3. The third kappa shape index (κ3) is 4.11. The predicted octanol–water partition coefficient (Wildman–Crippen LogP) is 3.44. The van der Waals surface area contributed by atoms with Gasteiger partial charge in [-0.05, 0) is 59.9 Å². The van der Waals surface area contributed by atoms with Gasteiger partial charge in [0.2, 0.25) is 5.91 Å². The largest absolute Gasteiger partial charge is 0.493 e. The molecule has 0 radical (unpaired) electrons. The Hall–Kier alpha value is -0.780. The molecule has 1 fully saturated rings. The van der Waals surface area contributed by atoms with Crippen molar-refractivity contribution in [2.75, 3.05) is 25.5 Å². The van der Waals surface area contributed by atoms with Crippen LogP contribution in [0.25, 0.3) is 0 Å². The summed E-state index contributed by atoms with van der Waals surface area (Å²) in [4.78, 5) is 12.1. The van der Waals surface area contributed by atoms with E-state index in [2.05, 4.69) is 26.6 Å². The van der Waals surface area contributed by atoms with Crippen molar-refractivity contribution in [3.05, 3.63) is 21.6 Å². The molecule has 2 rings (SSSR count). The number of hydrogen-bond acceptors (Lipinski definition) is 3. The van der Waals surface area contributed by atoms with Crippen molar-refractivity contribution in [3.63, 3.8) is 0 Å². The molecule has 1 saturated heterocycles. The van der Waals surface area contributed by atoms with Gasteiger partial charge in [-0.2, -0.15) is 0 Å². The molecular formula is C14H18BrClN2O2. The Morgan fingerprint density at radius 1 is 1.50 bits per heavy atom. The van der Waals surface area contributed by atoms with E-state index in [0.29, 0.717) is 28.8 Å². The minimum atomic E-state index is 0.00404. The summed E-state index contributed by atoms with van der Waals surface area (Å²) in [5, 5.41) is 6.74. The first-order valence-corrected chi connectivity index (χ1v) is 7.81. The Morgan fingerprint density at radius 3 is 2.85 bits per heavy atom. The van der Waals surface area contributed by atoms with E-state index in [0.717, 1.165) is 30.4 Å². The summed E-state index contributed by atoms with van der Waals surface area (Å²) < 4.78 is 6.02. The van der Waals surface area contributed by atoms with E-state index >= 15 is 0 Å². The first kappa shape index (κ1) is 15.6. The Labute approximate surface area is 132 Å². The van der Waals surface area contributed by atoms with Gasteiger partial charge in [-0.25, -0.2) is 0 Å². The van der Waals surface area contributed by atoms with Crippen LogP contribution in [0.1, 0.15) is 19.3 Å². The SMILES string of the molecule is COc1c(Br)cc(Cl)cc1NC(=O)CC1CCNCC1. The smallest absolute Gasteiger partial charge is 0.224 e. The van der Waals surface area contributed by atoms with Crippen molar-refractivity contribution in [1.82, 2.24) is 5.32 Å². The second-order valence-corrected chi connectivity index (χ2v) is 6.20. The number of amides is 1. The summed E-state index contributed by atoms with van der Waals surface area (Å²) in [6.07, 6.45) is 2.63. The lowest BCUT2D eigenvalue weighted by Crippen LogP contribution is -2.30. The summed E-state index contributed by atoms with van der Waals surface area (Å²) >= 11 is 9.39. The molecule has 1 heterocycles. The molecule has 1 aromatic rings. The molecule has 0 atom stereocenters. The molecule has 1 aliphatic heterocycles. The van der Waals surface area contributed by atoms with Crippen LogP contribution >= 0.6 is 27.5 Å². The molecule has 1 amide bonds. The van der Waals surface area contributed by atoms with E-state index in [9.17, 15) is 4.79 Å². The van der Waals surface area contributed by atoms with E-state index in [1.54, 1.807) is 19.2 Å². The maximum absolute atomic E-state index is 12.1. The fraction of sp³-hybridized carbons (Fsp3) is 0.500. The monoisotopic (exact) mass is 360 g/mol. The lowest BCUT2D eigenvalue weighted by Gasteiger charge is -2.22. The van der Waals surface area contributed by atoms with Crippen LogP contribution in [0.3, 0.4) is 0 Å².